The topological polar surface area (TPSA) is 39.5 Å². The maximum atomic E-state index is 6.02. The number of pyridine rings is 1. The van der Waals surface area contributed by atoms with Crippen molar-refractivity contribution in [1.29, 1.82) is 0 Å². The molecule has 0 spiro atoms. The molecule has 3 rings (SSSR count). The Labute approximate surface area is 159 Å². The number of hydrogen-bond acceptors (Lipinski definition) is 3. The molecule has 0 amide bonds. The van der Waals surface area contributed by atoms with Crippen LogP contribution < -0.4 is 10.1 Å². The molecule has 1 unspecified atom stereocenters. The maximum absolute atomic E-state index is 6.02. The van der Waals surface area contributed by atoms with Crippen molar-refractivity contribution in [2.75, 3.05) is 19.6 Å². The third-order valence-corrected chi connectivity index (χ3v) is 5.06. The van der Waals surface area contributed by atoms with Crippen LogP contribution in [0.5, 0.6) is 11.5 Å². The molecule has 1 aliphatic heterocycles. The third-order valence-electron chi connectivity index (χ3n) is 4.32. The molecule has 25 heavy (non-hydrogen) atoms. The Bertz CT molecular complexity index is 706. The number of rotatable bonds is 4. The van der Waals surface area contributed by atoms with E-state index in [4.69, 9.17) is 33.3 Å². The van der Waals surface area contributed by atoms with Gasteiger partial charge in [0.1, 0.15) is 11.5 Å². The highest BCUT2D eigenvalue weighted by atomic mass is 35.5. The van der Waals surface area contributed by atoms with Crippen molar-refractivity contribution in [3.63, 3.8) is 0 Å². The van der Waals surface area contributed by atoms with E-state index >= 15 is 0 Å². The molecule has 1 aliphatic rings. The highest BCUT2D eigenvalue weighted by molar-refractivity contribution is 6.42. The molecule has 133 valence electrons. The van der Waals surface area contributed by atoms with Crippen LogP contribution in [-0.4, -0.2) is 35.6 Å². The zero-order valence-electron chi connectivity index (χ0n) is 14.5. The van der Waals surface area contributed by atoms with E-state index < -0.39 is 0 Å². The van der Waals surface area contributed by atoms with E-state index in [-0.39, 0.29) is 6.04 Å². The van der Waals surface area contributed by atoms with Crippen LogP contribution in [0.1, 0.15) is 32.0 Å². The first-order valence-corrected chi connectivity index (χ1v) is 9.28. The van der Waals surface area contributed by atoms with E-state index in [1.54, 1.807) is 24.4 Å². The van der Waals surface area contributed by atoms with Crippen molar-refractivity contribution in [3.8, 4) is 11.5 Å². The Morgan fingerprint density at radius 1 is 1.12 bits per heavy atom. The summed E-state index contributed by atoms with van der Waals surface area (Å²) in [7, 11) is 0. The second-order valence-corrected chi connectivity index (χ2v) is 7.28. The van der Waals surface area contributed by atoms with Gasteiger partial charge in [0, 0.05) is 25.2 Å². The zero-order valence-corrected chi connectivity index (χ0v) is 16.0. The summed E-state index contributed by atoms with van der Waals surface area (Å²) in [5.41, 5.74) is 0.981. The summed E-state index contributed by atoms with van der Waals surface area (Å²) in [6.07, 6.45) is 2.84. The Hall–Kier alpha value is -1.33. The number of benzene rings is 1. The van der Waals surface area contributed by atoms with Crippen LogP contribution in [0.2, 0.25) is 10.0 Å². The van der Waals surface area contributed by atoms with Gasteiger partial charge in [0.05, 0.1) is 28.0 Å². The first kappa shape index (κ1) is 18.5. The van der Waals surface area contributed by atoms with Crippen LogP contribution in [0.15, 0.2) is 36.5 Å². The van der Waals surface area contributed by atoms with Gasteiger partial charge in [-0.3, -0.25) is 9.88 Å². The number of ether oxygens (including phenoxy) is 1. The molecule has 0 saturated carbocycles. The minimum absolute atomic E-state index is 0.115. The molecule has 2 aromatic rings. The summed E-state index contributed by atoms with van der Waals surface area (Å²) < 4.78 is 5.79. The second kappa shape index (κ2) is 8.37. The summed E-state index contributed by atoms with van der Waals surface area (Å²) in [6.45, 7) is 7.35. The first-order valence-electron chi connectivity index (χ1n) is 8.52. The van der Waals surface area contributed by atoms with Gasteiger partial charge < -0.3 is 4.74 Å². The van der Waals surface area contributed by atoms with Crippen molar-refractivity contribution >= 4 is 23.2 Å². The highest BCUT2D eigenvalue weighted by Gasteiger charge is 2.22. The lowest BCUT2D eigenvalue weighted by molar-refractivity contribution is 0.216. The normalized spacial score (nSPS) is 19.0. The third kappa shape index (κ3) is 4.85. The Morgan fingerprint density at radius 3 is 2.60 bits per heavy atom. The average Bonchev–Trinajstić information content (AvgIpc) is 2.85. The number of aromatic nitrogens is 1. The molecule has 2 heterocycles. The van der Waals surface area contributed by atoms with Crippen LogP contribution >= 0.6 is 23.2 Å². The fourth-order valence-corrected chi connectivity index (χ4v) is 3.16. The summed E-state index contributed by atoms with van der Waals surface area (Å²) in [5.74, 6) is 1.30. The predicted octanol–water partition coefficient (Wildman–Crippen LogP) is 4.94. The summed E-state index contributed by atoms with van der Waals surface area (Å²) in [6, 6.07) is 9.74. The van der Waals surface area contributed by atoms with E-state index in [0.29, 0.717) is 27.6 Å². The zero-order chi connectivity index (χ0) is 17.8. The van der Waals surface area contributed by atoms with Crippen molar-refractivity contribution in [3.05, 3.63) is 52.3 Å². The van der Waals surface area contributed by atoms with Crippen LogP contribution in [0.4, 0.5) is 0 Å². The highest BCUT2D eigenvalue weighted by Crippen LogP contribution is 2.29. The summed E-state index contributed by atoms with van der Waals surface area (Å²) in [5, 5.41) is 5.76. The molecule has 1 atom stereocenters. The van der Waals surface area contributed by atoms with Gasteiger partial charge in [-0.1, -0.05) is 23.2 Å². The van der Waals surface area contributed by atoms with Gasteiger partial charge in [-0.2, -0.15) is 0 Å². The number of halogens is 2. The minimum Gasteiger partial charge on any atom is -0.456 e. The van der Waals surface area contributed by atoms with E-state index in [1.807, 2.05) is 12.1 Å². The SMILES string of the molecule is CC(C)N1CCC[N]C(c2ccc(Oc3ccc(Cl)c(Cl)c3)cn2)C1. The lowest BCUT2D eigenvalue weighted by atomic mass is 10.1. The summed E-state index contributed by atoms with van der Waals surface area (Å²) >= 11 is 11.9. The fraction of sp³-hybridized carbons (Fsp3) is 0.421. The van der Waals surface area contributed by atoms with Gasteiger partial charge in [0.15, 0.2) is 0 Å². The van der Waals surface area contributed by atoms with Crippen molar-refractivity contribution in [1.82, 2.24) is 15.2 Å². The monoisotopic (exact) mass is 378 g/mol. The van der Waals surface area contributed by atoms with Gasteiger partial charge in [-0.05, 0) is 51.1 Å². The first-order chi connectivity index (χ1) is 12.0. The van der Waals surface area contributed by atoms with E-state index in [1.165, 1.54) is 0 Å². The molecule has 1 aromatic carbocycles. The van der Waals surface area contributed by atoms with Gasteiger partial charge in [0.2, 0.25) is 0 Å². The minimum atomic E-state index is 0.115. The largest absolute Gasteiger partial charge is 0.456 e. The van der Waals surface area contributed by atoms with Crippen molar-refractivity contribution < 1.29 is 4.74 Å². The van der Waals surface area contributed by atoms with Crippen LogP contribution in [0.3, 0.4) is 0 Å². The van der Waals surface area contributed by atoms with Gasteiger partial charge in [-0.15, -0.1) is 0 Å². The molecular weight excluding hydrogens is 357 g/mol. The summed E-state index contributed by atoms with van der Waals surface area (Å²) in [4.78, 5) is 7.03. The molecule has 0 N–H and O–H groups in total. The predicted molar refractivity (Wildman–Crippen MR) is 102 cm³/mol. The second-order valence-electron chi connectivity index (χ2n) is 6.46. The standard InChI is InChI=1S/C19H22Cl2N3O/c1-13(2)24-9-3-8-22-19(12-24)18-7-5-15(11-23-18)25-14-4-6-16(20)17(21)10-14/h4-7,10-11,13,19H,3,8-9,12H2,1-2H3. The van der Waals surface area contributed by atoms with E-state index in [9.17, 15) is 0 Å². The van der Waals surface area contributed by atoms with E-state index in [2.05, 4.69) is 23.7 Å². The number of nitrogens with zero attached hydrogens (tertiary/aromatic N) is 3. The number of hydrogen-bond donors (Lipinski definition) is 0. The molecule has 1 saturated heterocycles. The van der Waals surface area contributed by atoms with E-state index in [0.717, 1.165) is 31.7 Å². The smallest absolute Gasteiger partial charge is 0.145 e. The Kier molecular flexibility index (Phi) is 6.18. The quantitative estimate of drug-likeness (QED) is 0.755. The van der Waals surface area contributed by atoms with Crippen LogP contribution in [0.25, 0.3) is 0 Å². The van der Waals surface area contributed by atoms with Crippen LogP contribution in [-0.2, 0) is 0 Å². The Morgan fingerprint density at radius 2 is 1.92 bits per heavy atom. The lowest BCUT2D eigenvalue weighted by Crippen LogP contribution is -2.35. The Balaban J connectivity index is 1.69. The molecule has 1 fully saturated rings. The molecule has 4 nitrogen and oxygen atoms in total. The molecule has 0 aliphatic carbocycles. The molecular formula is C19H22Cl2N3O. The molecule has 1 aromatic heterocycles. The van der Waals surface area contributed by atoms with Gasteiger partial charge in [-0.25, -0.2) is 5.32 Å². The van der Waals surface area contributed by atoms with Crippen molar-refractivity contribution in [2.24, 2.45) is 0 Å². The van der Waals surface area contributed by atoms with Crippen molar-refractivity contribution in [2.45, 2.75) is 32.4 Å². The molecule has 0 bridgehead atoms. The maximum Gasteiger partial charge on any atom is 0.145 e. The van der Waals surface area contributed by atoms with Gasteiger partial charge >= 0.3 is 0 Å². The lowest BCUT2D eigenvalue weighted by Gasteiger charge is -2.27. The fourth-order valence-electron chi connectivity index (χ4n) is 2.87. The average molecular weight is 379 g/mol. The van der Waals surface area contributed by atoms with Gasteiger partial charge in [0.25, 0.3) is 0 Å². The molecule has 1 radical (unpaired) electrons. The van der Waals surface area contributed by atoms with Crippen LogP contribution in [0, 0.1) is 0 Å². The molecule has 6 heteroatoms.